The molecule has 0 aliphatic rings. The van der Waals surface area contributed by atoms with Gasteiger partial charge in [0, 0.05) is 23.9 Å². The fourth-order valence-corrected chi connectivity index (χ4v) is 2.70. The monoisotopic (exact) mass is 353 g/mol. The minimum atomic E-state index is -0.301. The number of carbonyl (C=O) groups is 1. The quantitative estimate of drug-likeness (QED) is 0.764. The number of aromatic nitrogens is 4. The van der Waals surface area contributed by atoms with Crippen molar-refractivity contribution < 1.29 is 9.18 Å². The van der Waals surface area contributed by atoms with Gasteiger partial charge >= 0.3 is 0 Å². The fourth-order valence-electron chi connectivity index (χ4n) is 2.70. The molecule has 7 heteroatoms. The van der Waals surface area contributed by atoms with Crippen LogP contribution in [0.15, 0.2) is 36.4 Å². The molecule has 1 amide bonds. The van der Waals surface area contributed by atoms with Crippen molar-refractivity contribution in [1.82, 2.24) is 19.7 Å². The largest absolute Gasteiger partial charge is 0.310 e. The number of benzene rings is 1. The summed E-state index contributed by atoms with van der Waals surface area (Å²) in [5, 5.41) is 7.18. The molecule has 0 aliphatic carbocycles. The highest BCUT2D eigenvalue weighted by Crippen LogP contribution is 2.16. The van der Waals surface area contributed by atoms with Crippen LogP contribution in [0.3, 0.4) is 0 Å². The van der Waals surface area contributed by atoms with Crippen LogP contribution in [-0.2, 0) is 11.2 Å². The summed E-state index contributed by atoms with van der Waals surface area (Å²) in [6.45, 7) is 5.58. The van der Waals surface area contributed by atoms with E-state index in [-0.39, 0.29) is 18.1 Å². The molecular weight excluding hydrogens is 333 g/mol. The molecule has 6 nitrogen and oxygen atoms in total. The third kappa shape index (κ3) is 4.11. The topological polar surface area (TPSA) is 72.7 Å². The van der Waals surface area contributed by atoms with Crippen molar-refractivity contribution in [3.63, 3.8) is 0 Å². The third-order valence-corrected chi connectivity index (χ3v) is 3.84. The maximum Gasteiger partial charge on any atom is 0.252 e. The van der Waals surface area contributed by atoms with Crippen LogP contribution in [0.5, 0.6) is 0 Å². The Bertz CT molecular complexity index is 931. The van der Waals surface area contributed by atoms with Crippen molar-refractivity contribution in [2.75, 3.05) is 5.32 Å². The molecule has 1 aromatic carbocycles. The Morgan fingerprint density at radius 1 is 1.08 bits per heavy atom. The lowest BCUT2D eigenvalue weighted by Crippen LogP contribution is -2.17. The molecule has 3 rings (SSSR count). The van der Waals surface area contributed by atoms with E-state index in [9.17, 15) is 9.18 Å². The van der Waals surface area contributed by atoms with E-state index in [0.717, 1.165) is 17.1 Å². The van der Waals surface area contributed by atoms with Gasteiger partial charge in [-0.1, -0.05) is 18.2 Å². The van der Waals surface area contributed by atoms with Crippen molar-refractivity contribution in [1.29, 1.82) is 0 Å². The van der Waals surface area contributed by atoms with E-state index in [2.05, 4.69) is 20.4 Å². The number of aryl methyl sites for hydroxylation is 4. The predicted molar refractivity (Wildman–Crippen MR) is 96.7 cm³/mol. The lowest BCUT2D eigenvalue weighted by atomic mass is 10.1. The highest BCUT2D eigenvalue weighted by Gasteiger charge is 2.14. The second kappa shape index (κ2) is 7.43. The molecule has 0 spiro atoms. The molecule has 0 radical (unpaired) electrons. The van der Waals surface area contributed by atoms with E-state index >= 15 is 0 Å². The maximum absolute atomic E-state index is 13.7. The number of anilines is 1. The number of nitrogens with one attached hydrogen (secondary N) is 1. The van der Waals surface area contributed by atoms with Gasteiger partial charge < -0.3 is 5.32 Å². The molecule has 2 heterocycles. The van der Waals surface area contributed by atoms with Crippen molar-refractivity contribution in [3.8, 4) is 5.95 Å². The van der Waals surface area contributed by atoms with Crippen molar-refractivity contribution in [2.45, 2.75) is 33.6 Å². The smallest absolute Gasteiger partial charge is 0.252 e. The number of rotatable bonds is 5. The Balaban J connectivity index is 1.76. The average Bonchev–Trinajstić information content (AvgIpc) is 2.93. The van der Waals surface area contributed by atoms with Crippen molar-refractivity contribution in [3.05, 3.63) is 64.9 Å². The van der Waals surface area contributed by atoms with Crippen LogP contribution in [0.4, 0.5) is 10.2 Å². The van der Waals surface area contributed by atoms with E-state index in [1.54, 1.807) is 24.3 Å². The highest BCUT2D eigenvalue weighted by atomic mass is 19.1. The first-order valence-electron chi connectivity index (χ1n) is 8.35. The SMILES string of the molecule is Cc1cc(C)nc(-n2nc(C)cc2NC(=O)CCc2ccccc2F)n1. The van der Waals surface area contributed by atoms with Gasteiger partial charge in [0.1, 0.15) is 11.6 Å². The van der Waals surface area contributed by atoms with Crippen LogP contribution in [0, 0.1) is 26.6 Å². The van der Waals surface area contributed by atoms with Gasteiger partial charge in [0.05, 0.1) is 5.69 Å². The van der Waals surface area contributed by atoms with Gasteiger partial charge in [0.2, 0.25) is 5.91 Å². The summed E-state index contributed by atoms with van der Waals surface area (Å²) >= 11 is 0. The first-order valence-corrected chi connectivity index (χ1v) is 8.35. The van der Waals surface area contributed by atoms with Crippen LogP contribution in [0.2, 0.25) is 0 Å². The Morgan fingerprint density at radius 2 is 1.77 bits per heavy atom. The van der Waals surface area contributed by atoms with Gasteiger partial charge in [-0.25, -0.2) is 14.4 Å². The Labute approximate surface area is 151 Å². The van der Waals surface area contributed by atoms with Gasteiger partial charge in [-0.3, -0.25) is 4.79 Å². The Hall–Kier alpha value is -3.09. The number of nitrogens with zero attached hydrogens (tertiary/aromatic N) is 4. The summed E-state index contributed by atoms with van der Waals surface area (Å²) in [5.41, 5.74) is 2.89. The van der Waals surface area contributed by atoms with E-state index < -0.39 is 0 Å². The van der Waals surface area contributed by atoms with Gasteiger partial charge in [0.15, 0.2) is 0 Å². The van der Waals surface area contributed by atoms with Gasteiger partial charge in [-0.15, -0.1) is 0 Å². The predicted octanol–water partition coefficient (Wildman–Crippen LogP) is 3.30. The zero-order valence-corrected chi connectivity index (χ0v) is 15.0. The number of carbonyl (C=O) groups excluding carboxylic acids is 1. The zero-order valence-electron chi connectivity index (χ0n) is 15.0. The number of amides is 1. The lowest BCUT2D eigenvalue weighted by Gasteiger charge is -2.09. The summed E-state index contributed by atoms with van der Waals surface area (Å²) in [6.07, 6.45) is 0.491. The van der Waals surface area contributed by atoms with E-state index in [1.165, 1.54) is 10.7 Å². The van der Waals surface area contributed by atoms with Gasteiger partial charge in [0.25, 0.3) is 5.95 Å². The molecule has 134 valence electrons. The minimum Gasteiger partial charge on any atom is -0.310 e. The highest BCUT2D eigenvalue weighted by molar-refractivity contribution is 5.90. The van der Waals surface area contributed by atoms with Gasteiger partial charge in [-0.2, -0.15) is 9.78 Å². The Morgan fingerprint density at radius 3 is 2.46 bits per heavy atom. The molecule has 0 aliphatic heterocycles. The number of hydrogen-bond acceptors (Lipinski definition) is 4. The van der Waals surface area contributed by atoms with Gasteiger partial charge in [-0.05, 0) is 44.9 Å². The second-order valence-corrected chi connectivity index (χ2v) is 6.17. The standard InChI is InChI=1S/C19H20FN5O/c1-12-10-13(2)22-19(21-12)25-17(11-14(3)24-25)23-18(26)9-8-15-6-4-5-7-16(15)20/h4-7,10-11H,8-9H2,1-3H3,(H,23,26). The van der Waals surface area contributed by atoms with E-state index in [4.69, 9.17) is 0 Å². The molecule has 0 fully saturated rings. The summed E-state index contributed by atoms with van der Waals surface area (Å²) in [4.78, 5) is 21.1. The minimum absolute atomic E-state index is 0.166. The van der Waals surface area contributed by atoms with E-state index in [0.29, 0.717) is 23.8 Å². The van der Waals surface area contributed by atoms with Crippen molar-refractivity contribution >= 4 is 11.7 Å². The summed E-state index contributed by atoms with van der Waals surface area (Å²) in [6, 6.07) is 10.1. The van der Waals surface area contributed by atoms with Crippen LogP contribution >= 0.6 is 0 Å². The third-order valence-electron chi connectivity index (χ3n) is 3.84. The zero-order chi connectivity index (χ0) is 18.7. The maximum atomic E-state index is 13.7. The molecule has 26 heavy (non-hydrogen) atoms. The molecule has 0 saturated heterocycles. The Kier molecular flexibility index (Phi) is 5.06. The normalized spacial score (nSPS) is 10.8. The summed E-state index contributed by atoms with van der Waals surface area (Å²) < 4.78 is 15.2. The molecule has 0 atom stereocenters. The van der Waals surface area contributed by atoms with Crippen LogP contribution in [-0.4, -0.2) is 25.7 Å². The van der Waals surface area contributed by atoms with Crippen molar-refractivity contribution in [2.24, 2.45) is 0 Å². The fraction of sp³-hybridized carbons (Fsp3) is 0.263. The average molecular weight is 353 g/mol. The van der Waals surface area contributed by atoms with Crippen LogP contribution < -0.4 is 5.32 Å². The van der Waals surface area contributed by atoms with Crippen LogP contribution in [0.25, 0.3) is 5.95 Å². The van der Waals surface area contributed by atoms with Crippen LogP contribution in [0.1, 0.15) is 29.1 Å². The summed E-state index contributed by atoms with van der Waals surface area (Å²) in [7, 11) is 0. The molecule has 0 saturated carbocycles. The molecule has 0 unspecified atom stereocenters. The summed E-state index contributed by atoms with van der Waals surface area (Å²) in [5.74, 6) is 0.370. The molecule has 2 aromatic heterocycles. The lowest BCUT2D eigenvalue weighted by molar-refractivity contribution is -0.116. The molecule has 0 bridgehead atoms. The molecular formula is C19H20FN5O. The molecule has 3 aromatic rings. The van der Waals surface area contributed by atoms with E-state index in [1.807, 2.05) is 26.8 Å². The molecule has 1 N–H and O–H groups in total. The first-order chi connectivity index (χ1) is 12.4. The first kappa shape index (κ1) is 17.7. The number of hydrogen-bond donors (Lipinski definition) is 1. The second-order valence-electron chi connectivity index (χ2n) is 6.17. The number of halogens is 1.